The van der Waals surface area contributed by atoms with Crippen molar-refractivity contribution in [2.75, 3.05) is 0 Å². The topological polar surface area (TPSA) is 59.6 Å². The molecule has 0 aromatic heterocycles. The lowest BCUT2D eigenvalue weighted by Crippen LogP contribution is -2.35. The normalized spacial score (nSPS) is 22.7. The van der Waals surface area contributed by atoms with Crippen molar-refractivity contribution >= 4 is 6.34 Å². The average Bonchev–Trinajstić information content (AvgIpc) is 2.28. The molecule has 7 heteroatoms. The summed E-state index contributed by atoms with van der Waals surface area (Å²) in [6, 6.07) is 5.42. The summed E-state index contributed by atoms with van der Waals surface area (Å²) >= 11 is 0. The van der Waals surface area contributed by atoms with Crippen molar-refractivity contribution in [2.45, 2.75) is 12.0 Å². The van der Waals surface area contributed by atoms with Gasteiger partial charge in [0.1, 0.15) is 5.75 Å². The van der Waals surface area contributed by atoms with Gasteiger partial charge in [-0.1, -0.05) is 12.1 Å². The van der Waals surface area contributed by atoms with Gasteiger partial charge in [-0.2, -0.15) is 0 Å². The number of nitrogens with zero attached hydrogens (tertiary/aromatic N) is 1. The Morgan fingerprint density at radius 2 is 2.11 bits per heavy atom. The number of benzene rings is 1. The van der Waals surface area contributed by atoms with Crippen LogP contribution in [0.3, 0.4) is 0 Å². The summed E-state index contributed by atoms with van der Waals surface area (Å²) in [4.78, 5) is 3.99. The van der Waals surface area contributed by atoms with E-state index in [4.69, 9.17) is 5.73 Å². The van der Waals surface area contributed by atoms with Crippen LogP contribution >= 0.6 is 0 Å². The van der Waals surface area contributed by atoms with Crippen LogP contribution in [0.2, 0.25) is 0 Å². The number of ether oxygens (including phenoxy) is 1. The van der Waals surface area contributed by atoms with Gasteiger partial charge in [-0.3, -0.25) is 5.73 Å². The van der Waals surface area contributed by atoms with Gasteiger partial charge in [-0.15, -0.1) is 13.2 Å². The first-order chi connectivity index (χ1) is 8.39. The molecule has 0 amide bonds. The molecule has 1 heterocycles. The third-order valence-corrected chi connectivity index (χ3v) is 2.32. The van der Waals surface area contributed by atoms with E-state index in [1.54, 1.807) is 18.3 Å². The number of alkyl halides is 3. The summed E-state index contributed by atoms with van der Waals surface area (Å²) in [5, 5.41) is 2.70. The molecule has 0 bridgehead atoms. The van der Waals surface area contributed by atoms with Crippen LogP contribution in [0.25, 0.3) is 0 Å². The number of nitrogens with one attached hydrogen (secondary N) is 1. The van der Waals surface area contributed by atoms with Crippen LogP contribution in [0, 0.1) is 0 Å². The molecule has 2 rings (SSSR count). The first-order valence-corrected chi connectivity index (χ1v) is 5.02. The van der Waals surface area contributed by atoms with E-state index >= 15 is 0 Å². The first-order valence-electron chi connectivity index (χ1n) is 5.02. The van der Waals surface area contributed by atoms with Gasteiger partial charge in [0.15, 0.2) is 5.66 Å². The van der Waals surface area contributed by atoms with E-state index in [0.29, 0.717) is 5.56 Å². The molecule has 1 atom stereocenters. The maximum absolute atomic E-state index is 12.1. The number of halogens is 3. The SMILES string of the molecule is NC1(c2cccc(OC(F)(F)F)c2)C=CNC=N1. The minimum atomic E-state index is -4.73. The molecule has 4 nitrogen and oxygen atoms in total. The summed E-state index contributed by atoms with van der Waals surface area (Å²) < 4.78 is 40.1. The van der Waals surface area contributed by atoms with Gasteiger partial charge in [-0.25, -0.2) is 4.99 Å². The number of hydrogen-bond acceptors (Lipinski definition) is 4. The van der Waals surface area contributed by atoms with Crippen molar-refractivity contribution in [1.82, 2.24) is 5.32 Å². The Kier molecular flexibility index (Phi) is 3.00. The molecule has 0 radical (unpaired) electrons. The minimum Gasteiger partial charge on any atom is -0.406 e. The molecule has 0 aliphatic carbocycles. The van der Waals surface area contributed by atoms with Crippen LogP contribution < -0.4 is 15.8 Å². The lowest BCUT2D eigenvalue weighted by atomic mass is 10.0. The first kappa shape index (κ1) is 12.4. The van der Waals surface area contributed by atoms with E-state index in [1.807, 2.05) is 0 Å². The predicted octanol–water partition coefficient (Wildman–Crippen LogP) is 1.84. The molecule has 1 aromatic rings. The maximum atomic E-state index is 12.1. The van der Waals surface area contributed by atoms with Crippen molar-refractivity contribution in [3.63, 3.8) is 0 Å². The highest BCUT2D eigenvalue weighted by atomic mass is 19.4. The Balaban J connectivity index is 2.30. The Hall–Kier alpha value is -2.02. The van der Waals surface area contributed by atoms with Crippen molar-refractivity contribution < 1.29 is 17.9 Å². The zero-order chi connectivity index (χ0) is 13.2. The van der Waals surface area contributed by atoms with Gasteiger partial charge in [-0.05, 0) is 18.2 Å². The highest BCUT2D eigenvalue weighted by Gasteiger charge is 2.32. The van der Waals surface area contributed by atoms with Crippen molar-refractivity contribution in [2.24, 2.45) is 10.7 Å². The van der Waals surface area contributed by atoms with Crippen LogP contribution in [-0.4, -0.2) is 12.7 Å². The molecule has 96 valence electrons. The zero-order valence-corrected chi connectivity index (χ0v) is 9.11. The van der Waals surface area contributed by atoms with Crippen molar-refractivity contribution in [1.29, 1.82) is 0 Å². The van der Waals surface area contributed by atoms with Gasteiger partial charge in [0, 0.05) is 11.8 Å². The second kappa shape index (κ2) is 4.34. The smallest absolute Gasteiger partial charge is 0.406 e. The molecule has 0 saturated carbocycles. The summed E-state index contributed by atoms with van der Waals surface area (Å²) in [6.07, 6.45) is -0.255. The van der Waals surface area contributed by atoms with Gasteiger partial charge in [0.05, 0.1) is 6.34 Å². The molecule has 1 aliphatic rings. The van der Waals surface area contributed by atoms with Crippen LogP contribution in [0.4, 0.5) is 13.2 Å². The zero-order valence-electron chi connectivity index (χ0n) is 9.11. The van der Waals surface area contributed by atoms with Crippen LogP contribution in [0.5, 0.6) is 5.75 Å². The fourth-order valence-corrected chi connectivity index (χ4v) is 1.52. The van der Waals surface area contributed by atoms with Crippen LogP contribution in [-0.2, 0) is 5.66 Å². The van der Waals surface area contributed by atoms with Gasteiger partial charge >= 0.3 is 6.36 Å². The third kappa shape index (κ3) is 2.80. The lowest BCUT2D eigenvalue weighted by Gasteiger charge is -2.24. The van der Waals surface area contributed by atoms with Crippen molar-refractivity contribution in [3.8, 4) is 5.75 Å². The van der Waals surface area contributed by atoms with E-state index in [2.05, 4.69) is 15.0 Å². The van der Waals surface area contributed by atoms with Gasteiger partial charge in [0.2, 0.25) is 0 Å². The fourth-order valence-electron chi connectivity index (χ4n) is 1.52. The van der Waals surface area contributed by atoms with Gasteiger partial charge in [0.25, 0.3) is 0 Å². The van der Waals surface area contributed by atoms with E-state index in [1.165, 1.54) is 24.5 Å². The summed E-state index contributed by atoms with van der Waals surface area (Å²) in [5.74, 6) is -0.327. The summed E-state index contributed by atoms with van der Waals surface area (Å²) in [7, 11) is 0. The second-order valence-electron chi connectivity index (χ2n) is 3.66. The van der Waals surface area contributed by atoms with Crippen LogP contribution in [0.15, 0.2) is 41.5 Å². The van der Waals surface area contributed by atoms with E-state index < -0.39 is 12.0 Å². The molecule has 0 fully saturated rings. The highest BCUT2D eigenvalue weighted by Crippen LogP contribution is 2.28. The Morgan fingerprint density at radius 3 is 2.72 bits per heavy atom. The number of nitrogens with two attached hydrogens (primary N) is 1. The Bertz CT molecular complexity index is 485. The summed E-state index contributed by atoms with van der Waals surface area (Å²) in [6.45, 7) is 0. The Morgan fingerprint density at radius 1 is 1.33 bits per heavy atom. The monoisotopic (exact) mass is 257 g/mol. The molecular formula is C11H10F3N3O. The molecule has 1 aliphatic heterocycles. The molecule has 1 unspecified atom stereocenters. The quantitative estimate of drug-likeness (QED) is 0.849. The number of rotatable bonds is 2. The van der Waals surface area contributed by atoms with Gasteiger partial charge < -0.3 is 10.1 Å². The molecule has 0 saturated heterocycles. The van der Waals surface area contributed by atoms with E-state index in [0.717, 1.165) is 0 Å². The lowest BCUT2D eigenvalue weighted by molar-refractivity contribution is -0.274. The largest absolute Gasteiger partial charge is 0.573 e. The third-order valence-electron chi connectivity index (χ3n) is 2.32. The van der Waals surface area contributed by atoms with E-state index in [9.17, 15) is 13.2 Å². The minimum absolute atomic E-state index is 0.327. The molecule has 18 heavy (non-hydrogen) atoms. The predicted molar refractivity (Wildman–Crippen MR) is 59.8 cm³/mol. The molecular weight excluding hydrogens is 247 g/mol. The van der Waals surface area contributed by atoms with Crippen LogP contribution in [0.1, 0.15) is 5.56 Å². The molecule has 1 aromatic carbocycles. The Labute approximate surface area is 101 Å². The maximum Gasteiger partial charge on any atom is 0.573 e. The van der Waals surface area contributed by atoms with Crippen molar-refractivity contribution in [3.05, 3.63) is 42.1 Å². The number of aliphatic imine (C=N–C) groups is 1. The second-order valence-corrected chi connectivity index (χ2v) is 3.66. The summed E-state index contributed by atoms with van der Waals surface area (Å²) in [5.41, 5.74) is 5.17. The average molecular weight is 257 g/mol. The fraction of sp³-hybridized carbons (Fsp3) is 0.182. The highest BCUT2D eigenvalue weighted by molar-refractivity contribution is 5.60. The van der Waals surface area contributed by atoms with E-state index in [-0.39, 0.29) is 5.75 Å². The molecule has 3 N–H and O–H groups in total. The standard InChI is InChI=1S/C11H10F3N3O/c12-11(13,14)18-9-3-1-2-8(6-9)10(15)4-5-16-7-17-10/h1-7H,15H2,(H,16,17). The molecule has 0 spiro atoms. The number of hydrogen-bond donors (Lipinski definition) is 2.